The van der Waals surface area contributed by atoms with Crippen LogP contribution in [-0.4, -0.2) is 174 Å². The molecule has 2 aromatic heterocycles. The molecule has 0 amide bonds. The van der Waals surface area contributed by atoms with E-state index in [-0.39, 0.29) is 19.3 Å². The smallest absolute Gasteiger partial charge is 0.164 e. The van der Waals surface area contributed by atoms with E-state index in [4.69, 9.17) is 48.4 Å². The van der Waals surface area contributed by atoms with Crippen molar-refractivity contribution in [3.8, 4) is 34.3 Å². The molecular weight excluding hydrogens is 821 g/mol. The minimum absolute atomic E-state index is 0.215. The zero-order chi connectivity index (χ0) is 44.5. The first-order chi connectivity index (χ1) is 31.3. The summed E-state index contributed by atoms with van der Waals surface area (Å²) in [6.45, 7) is 12.4. The van der Waals surface area contributed by atoms with Crippen molar-refractivity contribution < 1.29 is 38.6 Å². The molecule has 18 heteroatoms. The third-order valence-electron chi connectivity index (χ3n) is 11.3. The average molecular weight is 887 g/mol. The summed E-state index contributed by atoms with van der Waals surface area (Å²) in [6.07, 6.45) is 1.75. The molecule has 0 bridgehead atoms. The van der Waals surface area contributed by atoms with Gasteiger partial charge >= 0.3 is 0 Å². The molecular formula is C46H66N10O8. The normalized spacial score (nSPS) is 19.0. The van der Waals surface area contributed by atoms with Crippen molar-refractivity contribution in [3.05, 3.63) is 60.2 Å². The number of benzene rings is 2. The number of likely N-dealkylation sites (N-methyl/N-ethyl adjacent to an activating group) is 2. The SMILES string of the molecule is CNCC(O)COc1cccc(-c2nc(NC3CCOC3)c(C)c(N3CCOCC3)n2)c1.CNCC(O)COc1cccc(-c2nc(NC3CCOCC3)cc(N3CCOCC3)n2)c1. The van der Waals surface area contributed by atoms with Crippen LogP contribution in [0.5, 0.6) is 11.5 Å². The predicted molar refractivity (Wildman–Crippen MR) is 247 cm³/mol. The van der Waals surface area contributed by atoms with Crippen molar-refractivity contribution in [2.24, 2.45) is 0 Å². The molecule has 64 heavy (non-hydrogen) atoms. The number of ether oxygens (including phenoxy) is 6. The van der Waals surface area contributed by atoms with E-state index in [0.29, 0.717) is 75.3 Å². The minimum atomic E-state index is -0.573. The summed E-state index contributed by atoms with van der Waals surface area (Å²) in [5.41, 5.74) is 2.77. The van der Waals surface area contributed by atoms with Crippen LogP contribution in [0.1, 0.15) is 24.8 Å². The number of aliphatic hydroxyl groups is 2. The zero-order valence-corrected chi connectivity index (χ0v) is 37.5. The molecule has 6 heterocycles. The lowest BCUT2D eigenvalue weighted by atomic mass is 10.1. The van der Waals surface area contributed by atoms with Gasteiger partial charge in [-0.1, -0.05) is 24.3 Å². The van der Waals surface area contributed by atoms with Crippen LogP contribution in [0, 0.1) is 6.92 Å². The van der Waals surface area contributed by atoms with Gasteiger partial charge in [0.25, 0.3) is 0 Å². The predicted octanol–water partition coefficient (Wildman–Crippen LogP) is 2.98. The first-order valence-corrected chi connectivity index (χ1v) is 22.6. The molecule has 348 valence electrons. The van der Waals surface area contributed by atoms with E-state index in [0.717, 1.165) is 105 Å². The number of hydrogen-bond donors (Lipinski definition) is 6. The fourth-order valence-corrected chi connectivity index (χ4v) is 7.77. The van der Waals surface area contributed by atoms with E-state index in [1.807, 2.05) is 54.6 Å². The summed E-state index contributed by atoms with van der Waals surface area (Å²) >= 11 is 0. The zero-order valence-electron chi connectivity index (χ0n) is 37.5. The first-order valence-electron chi connectivity index (χ1n) is 22.6. The van der Waals surface area contributed by atoms with Gasteiger partial charge < -0.3 is 69.7 Å². The van der Waals surface area contributed by atoms with Crippen LogP contribution in [0.4, 0.5) is 23.3 Å². The van der Waals surface area contributed by atoms with Crippen LogP contribution in [0.2, 0.25) is 0 Å². The lowest BCUT2D eigenvalue weighted by Crippen LogP contribution is -2.37. The van der Waals surface area contributed by atoms with Crippen LogP contribution in [0.25, 0.3) is 22.8 Å². The Labute approximate surface area is 376 Å². The van der Waals surface area contributed by atoms with Gasteiger partial charge in [-0.25, -0.2) is 19.9 Å². The van der Waals surface area contributed by atoms with E-state index in [9.17, 15) is 10.2 Å². The Morgan fingerprint density at radius 2 is 1.19 bits per heavy atom. The number of nitrogens with one attached hydrogen (secondary N) is 4. The van der Waals surface area contributed by atoms with Gasteiger partial charge in [-0.3, -0.25) is 0 Å². The second kappa shape index (κ2) is 24.4. The molecule has 4 aromatic rings. The van der Waals surface area contributed by atoms with Crippen molar-refractivity contribution in [3.63, 3.8) is 0 Å². The third kappa shape index (κ3) is 13.8. The Morgan fingerprint density at radius 1 is 0.641 bits per heavy atom. The van der Waals surface area contributed by atoms with Gasteiger partial charge in [0.05, 0.1) is 39.1 Å². The fraction of sp³-hybridized carbons (Fsp3) is 0.565. The lowest BCUT2D eigenvalue weighted by molar-refractivity contribution is 0.0904. The number of morpholine rings is 2. The van der Waals surface area contributed by atoms with Crippen LogP contribution >= 0.6 is 0 Å². The lowest BCUT2D eigenvalue weighted by Gasteiger charge is -2.30. The fourth-order valence-electron chi connectivity index (χ4n) is 7.77. The Hall–Kier alpha value is -4.92. The molecule has 8 rings (SSSR count). The molecule has 6 N–H and O–H groups in total. The van der Waals surface area contributed by atoms with E-state index in [2.05, 4.69) is 38.0 Å². The highest BCUT2D eigenvalue weighted by atomic mass is 16.5. The summed E-state index contributed by atoms with van der Waals surface area (Å²) in [4.78, 5) is 24.0. The summed E-state index contributed by atoms with van der Waals surface area (Å²) < 4.78 is 33.6. The Bertz CT molecular complexity index is 2030. The Kier molecular flexibility index (Phi) is 17.9. The van der Waals surface area contributed by atoms with Gasteiger partial charge in [-0.2, -0.15) is 0 Å². The molecule has 4 aliphatic heterocycles. The van der Waals surface area contributed by atoms with Crippen LogP contribution < -0.4 is 40.5 Å². The monoisotopic (exact) mass is 887 g/mol. The van der Waals surface area contributed by atoms with Gasteiger partial charge in [0.15, 0.2) is 11.6 Å². The number of hydrogen-bond acceptors (Lipinski definition) is 18. The standard InChI is InChI=1S/2C23H33N5O4/c1-16-21(25-18-6-9-31-14-18)26-22(27-23(16)28-7-10-30-11-8-28)17-4-3-5-20(12-17)32-15-19(29)13-24-2;1-24-15-19(29)16-32-20-4-2-3-17(13-20)23-26-21(25-18-5-9-30-10-6-18)14-22(27-23)28-7-11-31-12-8-28/h3-5,12,18-19,24,29H,6-11,13-15H2,1-2H3,(H,25,26,27);2-4,13-14,18-19,24,29H,5-12,15-16H2,1H3,(H,25,26,27). The van der Waals surface area contributed by atoms with Crippen LogP contribution in [0.3, 0.4) is 0 Å². The van der Waals surface area contributed by atoms with Crippen molar-refractivity contribution >= 4 is 23.3 Å². The first kappa shape index (κ1) is 47.1. The van der Waals surface area contributed by atoms with Crippen molar-refractivity contribution in [1.29, 1.82) is 0 Å². The van der Waals surface area contributed by atoms with Crippen molar-refractivity contribution in [1.82, 2.24) is 30.6 Å². The highest BCUT2D eigenvalue weighted by Gasteiger charge is 2.24. The van der Waals surface area contributed by atoms with Gasteiger partial charge in [0.2, 0.25) is 0 Å². The summed E-state index contributed by atoms with van der Waals surface area (Å²) in [6, 6.07) is 18.0. The number of aromatic nitrogens is 4. The van der Waals surface area contributed by atoms with Gasteiger partial charge in [0.1, 0.15) is 60.2 Å². The van der Waals surface area contributed by atoms with E-state index < -0.39 is 12.2 Å². The average Bonchev–Trinajstić information content (AvgIpc) is 3.85. The highest BCUT2D eigenvalue weighted by Crippen LogP contribution is 2.31. The van der Waals surface area contributed by atoms with Crippen molar-refractivity contribution in [2.75, 3.05) is 140 Å². The van der Waals surface area contributed by atoms with Crippen LogP contribution in [-0.2, 0) is 18.9 Å². The van der Waals surface area contributed by atoms with Gasteiger partial charge in [-0.05, 0) is 64.5 Å². The summed E-state index contributed by atoms with van der Waals surface area (Å²) in [5.74, 6) is 6.11. The molecule has 0 aliphatic carbocycles. The second-order valence-electron chi connectivity index (χ2n) is 16.3. The molecule has 3 unspecified atom stereocenters. The Balaban J connectivity index is 0.000000191. The number of rotatable bonds is 18. The maximum atomic E-state index is 9.93. The minimum Gasteiger partial charge on any atom is -0.491 e. The third-order valence-corrected chi connectivity index (χ3v) is 11.3. The number of anilines is 4. The maximum absolute atomic E-state index is 9.93. The van der Waals surface area contributed by atoms with Crippen LogP contribution in [0.15, 0.2) is 54.6 Å². The van der Waals surface area contributed by atoms with E-state index in [1.54, 1.807) is 14.1 Å². The topological polar surface area (TPSA) is 202 Å². The summed E-state index contributed by atoms with van der Waals surface area (Å²) in [7, 11) is 3.60. The molecule has 3 atom stereocenters. The summed E-state index contributed by atoms with van der Waals surface area (Å²) in [5, 5.41) is 32.9. The molecule has 0 radical (unpaired) electrons. The van der Waals surface area contributed by atoms with Gasteiger partial charge in [0, 0.05) is 87.9 Å². The number of aliphatic hydroxyl groups excluding tert-OH is 2. The molecule has 0 spiro atoms. The van der Waals surface area contributed by atoms with E-state index >= 15 is 0 Å². The largest absolute Gasteiger partial charge is 0.491 e. The quantitative estimate of drug-likeness (QED) is 0.0851. The molecule has 4 aliphatic rings. The molecule has 18 nitrogen and oxygen atoms in total. The maximum Gasteiger partial charge on any atom is 0.164 e. The highest BCUT2D eigenvalue weighted by molar-refractivity contribution is 5.68. The molecule has 4 fully saturated rings. The molecule has 4 saturated heterocycles. The van der Waals surface area contributed by atoms with Gasteiger partial charge in [-0.15, -0.1) is 0 Å². The molecule has 2 aromatic carbocycles. The van der Waals surface area contributed by atoms with E-state index in [1.165, 1.54) is 0 Å². The molecule has 0 saturated carbocycles. The van der Waals surface area contributed by atoms with Crippen molar-refractivity contribution in [2.45, 2.75) is 50.5 Å². The Morgan fingerprint density at radius 3 is 1.77 bits per heavy atom. The number of nitrogens with zero attached hydrogens (tertiary/aromatic N) is 6. The second-order valence-corrected chi connectivity index (χ2v) is 16.3.